The average molecular weight is 627 g/mol. The summed E-state index contributed by atoms with van der Waals surface area (Å²) in [5, 5.41) is 6.19. The van der Waals surface area contributed by atoms with E-state index in [4.69, 9.17) is 0 Å². The first-order valence-electron chi connectivity index (χ1n) is 16.2. The quantitative estimate of drug-likeness (QED) is 0.115. The Morgan fingerprint density at radius 3 is 2.00 bits per heavy atom. The molecule has 0 bridgehead atoms. The second-order valence-electron chi connectivity index (χ2n) is 11.4. The van der Waals surface area contributed by atoms with Gasteiger partial charge in [0, 0.05) is 0 Å². The van der Waals surface area contributed by atoms with Crippen LogP contribution in [0.2, 0.25) is 0 Å². The molecule has 0 heterocycles. The van der Waals surface area contributed by atoms with Gasteiger partial charge >= 0.3 is 0 Å². The highest BCUT2D eigenvalue weighted by atomic mass is 31.1. The zero-order chi connectivity index (χ0) is 33.2. The van der Waals surface area contributed by atoms with Gasteiger partial charge in [0.25, 0.3) is 0 Å². The Kier molecular flexibility index (Phi) is 11.3. The van der Waals surface area contributed by atoms with E-state index in [1.165, 1.54) is 49.2 Å². The van der Waals surface area contributed by atoms with Crippen LogP contribution in [0.3, 0.4) is 0 Å². The second-order valence-corrected chi connectivity index (χ2v) is 13.9. The zero-order valence-electron chi connectivity index (χ0n) is 27.8. The first-order chi connectivity index (χ1) is 23.0. The maximum atomic E-state index is 4.56. The fourth-order valence-electron chi connectivity index (χ4n) is 6.27. The van der Waals surface area contributed by atoms with E-state index in [2.05, 4.69) is 179 Å². The molecule has 0 radical (unpaired) electrons. The van der Waals surface area contributed by atoms with Crippen LogP contribution in [0.15, 0.2) is 187 Å². The maximum absolute atomic E-state index is 4.56. The summed E-state index contributed by atoms with van der Waals surface area (Å²) in [7, 11) is -0.699. The monoisotopic (exact) mass is 626 g/mol. The van der Waals surface area contributed by atoms with Gasteiger partial charge in [0.1, 0.15) is 0 Å². The molecule has 1 atom stereocenters. The summed E-state index contributed by atoms with van der Waals surface area (Å²) < 4.78 is 0. The molecule has 0 N–H and O–H groups in total. The second kappa shape index (κ2) is 16.0. The SMILES string of the molecule is C=Cc1c(C=C)c(-c2ccccc2)c2ccccc2c1C1=CC=C(C(/C=C\C(=C)P(/C(C)=C/C=C\C)c2ccccc2)=C/C)C=CC1. The number of rotatable bonds is 11. The standard InChI is InChI=1S/C46H43P/c1-7-11-21-34(5)47(40-26-16-13-17-27-40)35(6)30-31-36(8-2)37-24-20-25-39(33-32-37)46-42(10-4)41(9-3)45(38-22-14-12-15-23-38)43-28-18-19-29-44(43)46/h7-24,26-33H,3-4,6,25H2,1-2,5H3/b11-7-,31-30-,34-21+,36-8+. The van der Waals surface area contributed by atoms with E-state index in [1.807, 2.05) is 19.1 Å². The first kappa shape index (κ1) is 33.3. The van der Waals surface area contributed by atoms with E-state index in [0.29, 0.717) is 0 Å². The van der Waals surface area contributed by atoms with E-state index in [1.54, 1.807) is 0 Å². The lowest BCUT2D eigenvalue weighted by Gasteiger charge is -2.21. The van der Waals surface area contributed by atoms with Crippen molar-refractivity contribution in [3.8, 4) is 11.1 Å². The zero-order valence-corrected chi connectivity index (χ0v) is 28.7. The molecule has 4 aromatic rings. The average Bonchev–Trinajstić information content (AvgIpc) is 3.37. The highest BCUT2D eigenvalue weighted by molar-refractivity contribution is 7.73. The predicted octanol–water partition coefficient (Wildman–Crippen LogP) is 13.4. The van der Waals surface area contributed by atoms with Gasteiger partial charge in [-0.05, 0) is 106 Å². The minimum atomic E-state index is -0.699. The number of fused-ring (bicyclic) bond motifs is 1. The summed E-state index contributed by atoms with van der Waals surface area (Å²) >= 11 is 0. The third-order valence-corrected chi connectivity index (χ3v) is 10.9. The smallest absolute Gasteiger partial charge is 0.00266 e. The summed E-state index contributed by atoms with van der Waals surface area (Å²) in [6.07, 6.45) is 26.8. The minimum absolute atomic E-state index is 0.699. The van der Waals surface area contributed by atoms with Crippen molar-refractivity contribution in [2.45, 2.75) is 27.2 Å². The molecule has 1 heteroatoms. The van der Waals surface area contributed by atoms with Crippen LogP contribution >= 0.6 is 7.92 Å². The van der Waals surface area contributed by atoms with Gasteiger partial charge < -0.3 is 0 Å². The largest absolute Gasteiger partial charge is 0.0984 e. The molecule has 0 spiro atoms. The fourth-order valence-corrected chi connectivity index (χ4v) is 8.39. The summed E-state index contributed by atoms with van der Waals surface area (Å²) in [4.78, 5) is 0. The molecular weight excluding hydrogens is 583 g/mol. The highest BCUT2D eigenvalue weighted by Crippen LogP contribution is 2.51. The molecule has 232 valence electrons. The van der Waals surface area contributed by atoms with E-state index < -0.39 is 7.92 Å². The maximum Gasteiger partial charge on any atom is -0.00266 e. The molecule has 0 fully saturated rings. The van der Waals surface area contributed by atoms with Gasteiger partial charge in [-0.15, -0.1) is 0 Å². The number of allylic oxidation sites excluding steroid dienone is 15. The summed E-state index contributed by atoms with van der Waals surface area (Å²) in [5.74, 6) is 0. The molecule has 5 rings (SSSR count). The van der Waals surface area contributed by atoms with Crippen molar-refractivity contribution in [2.75, 3.05) is 0 Å². The summed E-state index contributed by atoms with van der Waals surface area (Å²) in [6, 6.07) is 30.0. The van der Waals surface area contributed by atoms with Gasteiger partial charge in [-0.1, -0.05) is 178 Å². The van der Waals surface area contributed by atoms with Crippen LogP contribution in [0.25, 0.3) is 39.6 Å². The van der Waals surface area contributed by atoms with Crippen molar-refractivity contribution in [1.29, 1.82) is 0 Å². The van der Waals surface area contributed by atoms with Crippen molar-refractivity contribution in [2.24, 2.45) is 0 Å². The molecule has 0 amide bonds. The molecule has 0 saturated carbocycles. The van der Waals surface area contributed by atoms with Crippen molar-refractivity contribution in [3.63, 3.8) is 0 Å². The molecule has 1 unspecified atom stereocenters. The van der Waals surface area contributed by atoms with Crippen LogP contribution in [-0.2, 0) is 0 Å². The van der Waals surface area contributed by atoms with E-state index in [0.717, 1.165) is 28.4 Å². The lowest BCUT2D eigenvalue weighted by Crippen LogP contribution is -2.01. The fraction of sp³-hybridized carbons (Fsp3) is 0.0870. The number of hydrogen-bond donors (Lipinski definition) is 0. The molecule has 0 nitrogen and oxygen atoms in total. The number of hydrogen-bond acceptors (Lipinski definition) is 0. The van der Waals surface area contributed by atoms with Gasteiger partial charge in [0.05, 0.1) is 0 Å². The topological polar surface area (TPSA) is 0 Å². The van der Waals surface area contributed by atoms with Crippen molar-refractivity contribution in [1.82, 2.24) is 0 Å². The third kappa shape index (κ3) is 7.36. The van der Waals surface area contributed by atoms with Crippen molar-refractivity contribution < 1.29 is 0 Å². The Labute approximate surface area is 283 Å². The molecule has 0 saturated heterocycles. The lowest BCUT2D eigenvalue weighted by molar-refractivity contribution is 1.39. The first-order valence-corrected chi connectivity index (χ1v) is 17.5. The van der Waals surface area contributed by atoms with Gasteiger partial charge in [-0.25, -0.2) is 0 Å². The van der Waals surface area contributed by atoms with Gasteiger partial charge in [-0.3, -0.25) is 0 Å². The Hall–Kier alpha value is -5.03. The summed E-state index contributed by atoms with van der Waals surface area (Å²) in [5.41, 5.74) is 9.42. The van der Waals surface area contributed by atoms with Crippen LogP contribution in [-0.4, -0.2) is 0 Å². The van der Waals surface area contributed by atoms with E-state index in [-0.39, 0.29) is 0 Å². The Bertz CT molecular complexity index is 2000. The van der Waals surface area contributed by atoms with E-state index >= 15 is 0 Å². The Balaban J connectivity index is 1.55. The van der Waals surface area contributed by atoms with Gasteiger partial charge in [0.15, 0.2) is 0 Å². The third-order valence-electron chi connectivity index (χ3n) is 8.47. The van der Waals surface area contributed by atoms with Crippen LogP contribution in [0, 0.1) is 0 Å². The van der Waals surface area contributed by atoms with Crippen molar-refractivity contribution >= 4 is 41.7 Å². The Morgan fingerprint density at radius 1 is 0.745 bits per heavy atom. The molecular formula is C46H43P. The van der Waals surface area contributed by atoms with Crippen molar-refractivity contribution in [3.05, 3.63) is 204 Å². The van der Waals surface area contributed by atoms with Crippen LogP contribution in [0.5, 0.6) is 0 Å². The molecule has 0 aromatic heterocycles. The lowest BCUT2D eigenvalue weighted by atomic mass is 9.82. The highest BCUT2D eigenvalue weighted by Gasteiger charge is 2.20. The number of benzene rings is 4. The normalized spacial score (nSPS) is 14.6. The van der Waals surface area contributed by atoms with Crippen LogP contribution in [0.1, 0.15) is 43.9 Å². The van der Waals surface area contributed by atoms with Crippen LogP contribution < -0.4 is 5.30 Å². The molecule has 1 aliphatic rings. The van der Waals surface area contributed by atoms with Gasteiger partial charge in [-0.2, -0.15) is 0 Å². The molecule has 0 aliphatic heterocycles. The Morgan fingerprint density at radius 2 is 1.36 bits per heavy atom. The van der Waals surface area contributed by atoms with Crippen LogP contribution in [0.4, 0.5) is 0 Å². The molecule has 47 heavy (non-hydrogen) atoms. The minimum Gasteiger partial charge on any atom is -0.0984 e. The van der Waals surface area contributed by atoms with E-state index in [9.17, 15) is 0 Å². The summed E-state index contributed by atoms with van der Waals surface area (Å²) in [6.45, 7) is 19.5. The molecule has 4 aromatic carbocycles. The van der Waals surface area contributed by atoms with Gasteiger partial charge in [0.2, 0.25) is 0 Å². The predicted molar refractivity (Wildman–Crippen MR) is 213 cm³/mol. The molecule has 1 aliphatic carbocycles.